The van der Waals surface area contributed by atoms with Crippen LogP contribution in [-0.2, 0) is 4.79 Å². The van der Waals surface area contributed by atoms with Crippen LogP contribution in [0.4, 0.5) is 10.6 Å². The zero-order valence-corrected chi connectivity index (χ0v) is 17.7. The molecule has 4 heterocycles. The highest BCUT2D eigenvalue weighted by Gasteiger charge is 2.58. The fourth-order valence-electron chi connectivity index (χ4n) is 4.63. The molecule has 2 aliphatic rings. The van der Waals surface area contributed by atoms with Crippen molar-refractivity contribution in [3.8, 4) is 0 Å². The fourth-order valence-corrected chi connectivity index (χ4v) is 4.63. The van der Waals surface area contributed by atoms with Crippen LogP contribution in [0.1, 0.15) is 40.5 Å². The Bertz CT molecular complexity index is 912. The van der Waals surface area contributed by atoms with Gasteiger partial charge in [-0.25, -0.2) is 9.78 Å². The Morgan fingerprint density at radius 2 is 1.76 bits per heavy atom. The average molecular weight is 399 g/mol. The number of carbonyl (C=O) groups excluding carboxylic acids is 2. The van der Waals surface area contributed by atoms with Crippen molar-refractivity contribution < 1.29 is 14.0 Å². The van der Waals surface area contributed by atoms with Crippen molar-refractivity contribution in [2.75, 3.05) is 31.1 Å². The van der Waals surface area contributed by atoms with E-state index in [9.17, 15) is 9.59 Å². The number of pyridine rings is 1. The molecule has 2 saturated heterocycles. The maximum absolute atomic E-state index is 13.4. The standard InChI is InChI=1S/C22H30N4O3/c1-15(2)13-25-20(27)22(26(21(25)28)14-16(3)4)7-10-24(11-8-22)19-17-6-12-29-18(17)5-9-23-19/h5-6,9,12,15-16H,7-8,10-11,13-14H2,1-4H3. The predicted octanol–water partition coefficient (Wildman–Crippen LogP) is 3.74. The molecule has 0 bridgehead atoms. The second-order valence-electron chi connectivity index (χ2n) is 9.08. The first-order chi connectivity index (χ1) is 13.8. The zero-order valence-electron chi connectivity index (χ0n) is 17.7. The SMILES string of the molecule is CC(C)CN1C(=O)N(CC(C)C)C2(CCN(c3nccc4occc34)CC2)C1=O. The Morgan fingerprint density at radius 1 is 1.07 bits per heavy atom. The summed E-state index contributed by atoms with van der Waals surface area (Å²) in [7, 11) is 0. The van der Waals surface area contributed by atoms with Crippen molar-refractivity contribution in [3.63, 3.8) is 0 Å². The molecule has 3 amide bonds. The molecule has 0 N–H and O–H groups in total. The van der Waals surface area contributed by atoms with Crippen LogP contribution in [0.3, 0.4) is 0 Å². The van der Waals surface area contributed by atoms with Crippen LogP contribution in [0.5, 0.6) is 0 Å². The van der Waals surface area contributed by atoms with E-state index in [-0.39, 0.29) is 17.9 Å². The third-order valence-corrected chi connectivity index (χ3v) is 5.97. The number of amides is 3. The quantitative estimate of drug-likeness (QED) is 0.718. The summed E-state index contributed by atoms with van der Waals surface area (Å²) in [5, 5.41) is 0.984. The molecule has 4 rings (SSSR count). The first kappa shape index (κ1) is 19.7. The van der Waals surface area contributed by atoms with Crippen LogP contribution in [0.25, 0.3) is 11.0 Å². The first-order valence-corrected chi connectivity index (χ1v) is 10.5. The highest BCUT2D eigenvalue weighted by Crippen LogP contribution is 2.40. The number of imide groups is 1. The zero-order chi connectivity index (χ0) is 20.8. The van der Waals surface area contributed by atoms with Crippen molar-refractivity contribution in [2.45, 2.75) is 46.1 Å². The van der Waals surface area contributed by atoms with Crippen LogP contribution in [0.2, 0.25) is 0 Å². The molecule has 2 aromatic heterocycles. The number of anilines is 1. The van der Waals surface area contributed by atoms with Gasteiger partial charge < -0.3 is 14.2 Å². The number of carbonyl (C=O) groups is 2. The lowest BCUT2D eigenvalue weighted by Gasteiger charge is -2.43. The number of piperidine rings is 1. The van der Waals surface area contributed by atoms with Gasteiger partial charge in [-0.1, -0.05) is 27.7 Å². The van der Waals surface area contributed by atoms with Crippen molar-refractivity contribution in [2.24, 2.45) is 11.8 Å². The maximum Gasteiger partial charge on any atom is 0.327 e. The van der Waals surface area contributed by atoms with Crippen LogP contribution in [-0.4, -0.2) is 58.4 Å². The topological polar surface area (TPSA) is 69.9 Å². The van der Waals surface area contributed by atoms with Gasteiger partial charge >= 0.3 is 6.03 Å². The van der Waals surface area contributed by atoms with Gasteiger partial charge in [0.1, 0.15) is 16.9 Å². The minimum Gasteiger partial charge on any atom is -0.464 e. The molecule has 29 heavy (non-hydrogen) atoms. The number of nitrogens with zero attached hydrogens (tertiary/aromatic N) is 4. The van der Waals surface area contributed by atoms with Gasteiger partial charge in [-0.05, 0) is 36.8 Å². The Hall–Kier alpha value is -2.57. The van der Waals surface area contributed by atoms with Gasteiger partial charge in [0, 0.05) is 32.4 Å². The van der Waals surface area contributed by atoms with Crippen LogP contribution < -0.4 is 4.90 Å². The number of hydrogen-bond acceptors (Lipinski definition) is 5. The van der Waals surface area contributed by atoms with Crippen LogP contribution in [0.15, 0.2) is 29.0 Å². The number of fused-ring (bicyclic) bond motifs is 1. The molecule has 2 aromatic rings. The van der Waals surface area contributed by atoms with Crippen molar-refractivity contribution in [1.29, 1.82) is 0 Å². The predicted molar refractivity (Wildman–Crippen MR) is 112 cm³/mol. The minimum atomic E-state index is -0.725. The second kappa shape index (κ2) is 7.35. The highest BCUT2D eigenvalue weighted by atomic mass is 16.3. The Balaban J connectivity index is 1.61. The van der Waals surface area contributed by atoms with E-state index in [4.69, 9.17) is 4.42 Å². The highest BCUT2D eigenvalue weighted by molar-refractivity contribution is 6.07. The molecule has 0 radical (unpaired) electrons. The Labute approximate surface area is 171 Å². The average Bonchev–Trinajstić information content (AvgIpc) is 3.23. The van der Waals surface area contributed by atoms with E-state index < -0.39 is 5.54 Å². The summed E-state index contributed by atoms with van der Waals surface area (Å²) in [5.74, 6) is 1.42. The normalized spacial score (nSPS) is 19.6. The lowest BCUT2D eigenvalue weighted by molar-refractivity contribution is -0.134. The molecule has 0 aliphatic carbocycles. The van der Waals surface area contributed by atoms with E-state index >= 15 is 0 Å². The van der Waals surface area contributed by atoms with E-state index in [2.05, 4.69) is 23.7 Å². The van der Waals surface area contributed by atoms with E-state index in [1.54, 1.807) is 12.5 Å². The van der Waals surface area contributed by atoms with Crippen molar-refractivity contribution >= 4 is 28.7 Å². The van der Waals surface area contributed by atoms with Crippen LogP contribution >= 0.6 is 0 Å². The monoisotopic (exact) mass is 398 g/mol. The van der Waals surface area contributed by atoms with Gasteiger partial charge in [0.25, 0.3) is 5.91 Å². The van der Waals surface area contributed by atoms with Gasteiger partial charge in [0.2, 0.25) is 0 Å². The summed E-state index contributed by atoms with van der Waals surface area (Å²) in [6.07, 6.45) is 4.67. The van der Waals surface area contributed by atoms with Crippen molar-refractivity contribution in [3.05, 3.63) is 24.6 Å². The molecular weight excluding hydrogens is 368 g/mol. The molecule has 7 heteroatoms. The first-order valence-electron chi connectivity index (χ1n) is 10.5. The largest absolute Gasteiger partial charge is 0.464 e. The minimum absolute atomic E-state index is 0.0222. The number of furan rings is 1. The van der Waals surface area contributed by atoms with E-state index in [0.29, 0.717) is 44.9 Å². The smallest absolute Gasteiger partial charge is 0.327 e. The molecule has 0 atom stereocenters. The van der Waals surface area contributed by atoms with Gasteiger partial charge in [0.15, 0.2) is 0 Å². The summed E-state index contributed by atoms with van der Waals surface area (Å²) >= 11 is 0. The van der Waals surface area contributed by atoms with E-state index in [0.717, 1.165) is 16.8 Å². The molecule has 156 valence electrons. The molecule has 2 fully saturated rings. The van der Waals surface area contributed by atoms with Crippen LogP contribution in [0, 0.1) is 11.8 Å². The third-order valence-electron chi connectivity index (χ3n) is 5.97. The van der Waals surface area contributed by atoms with Crippen molar-refractivity contribution in [1.82, 2.24) is 14.8 Å². The third kappa shape index (κ3) is 3.26. The maximum atomic E-state index is 13.4. The lowest BCUT2D eigenvalue weighted by Crippen LogP contribution is -2.57. The van der Waals surface area contributed by atoms with E-state index in [1.165, 1.54) is 4.90 Å². The Morgan fingerprint density at radius 3 is 2.41 bits per heavy atom. The molecule has 2 aliphatic heterocycles. The Kier molecular flexibility index (Phi) is 5.00. The van der Waals surface area contributed by atoms with Gasteiger partial charge in [-0.2, -0.15) is 0 Å². The second-order valence-corrected chi connectivity index (χ2v) is 9.08. The number of rotatable bonds is 5. The van der Waals surface area contributed by atoms with E-state index in [1.807, 2.05) is 30.9 Å². The number of urea groups is 1. The molecule has 0 aromatic carbocycles. The molecule has 0 saturated carbocycles. The summed E-state index contributed by atoms with van der Waals surface area (Å²) in [5.41, 5.74) is 0.0868. The molecular formula is C22H30N4O3. The van der Waals surface area contributed by atoms with Gasteiger partial charge in [-0.3, -0.25) is 9.69 Å². The molecule has 1 spiro atoms. The summed E-state index contributed by atoms with van der Waals surface area (Å²) in [6.45, 7) is 10.7. The summed E-state index contributed by atoms with van der Waals surface area (Å²) < 4.78 is 5.51. The fraction of sp³-hybridized carbons (Fsp3) is 0.591. The summed E-state index contributed by atoms with van der Waals surface area (Å²) in [6, 6.07) is 3.67. The summed E-state index contributed by atoms with van der Waals surface area (Å²) in [4.78, 5) is 36.7. The number of aromatic nitrogens is 1. The van der Waals surface area contributed by atoms with Gasteiger partial charge in [-0.15, -0.1) is 0 Å². The molecule has 0 unspecified atom stereocenters. The number of hydrogen-bond donors (Lipinski definition) is 0. The lowest BCUT2D eigenvalue weighted by atomic mass is 9.85. The molecule has 7 nitrogen and oxygen atoms in total. The van der Waals surface area contributed by atoms with Gasteiger partial charge in [0.05, 0.1) is 11.6 Å².